The van der Waals surface area contributed by atoms with E-state index in [1.54, 1.807) is 0 Å². The van der Waals surface area contributed by atoms with Gasteiger partial charge in [0.15, 0.2) is 0 Å². The zero-order chi connectivity index (χ0) is 7.84. The zero-order valence-electron chi connectivity index (χ0n) is 7.55. The summed E-state index contributed by atoms with van der Waals surface area (Å²) in [4.78, 5) is 0. The molecule has 1 nitrogen and oxygen atoms in total. The second-order valence-electron chi connectivity index (χ2n) is 4.27. The van der Waals surface area contributed by atoms with Crippen molar-refractivity contribution in [3.05, 3.63) is 0 Å². The molecule has 0 bridgehead atoms. The van der Waals surface area contributed by atoms with Crippen LogP contribution in [0.25, 0.3) is 0 Å². The Labute approximate surface area is 69.1 Å². The summed E-state index contributed by atoms with van der Waals surface area (Å²) < 4.78 is 5.70. The van der Waals surface area contributed by atoms with E-state index >= 15 is 0 Å². The highest BCUT2D eigenvalue weighted by molar-refractivity contribution is 4.87. The number of fused-ring (bicyclic) bond motifs is 1. The van der Waals surface area contributed by atoms with Crippen molar-refractivity contribution in [2.75, 3.05) is 6.61 Å². The van der Waals surface area contributed by atoms with Crippen molar-refractivity contribution >= 4 is 0 Å². The largest absolute Gasteiger partial charge is 0.378 e. The third-order valence-electron chi connectivity index (χ3n) is 3.58. The molecule has 2 rings (SSSR count). The predicted molar refractivity (Wildman–Crippen MR) is 45.4 cm³/mol. The monoisotopic (exact) mass is 154 g/mol. The average Bonchev–Trinajstić information content (AvgIpc) is 2.45. The van der Waals surface area contributed by atoms with Gasteiger partial charge < -0.3 is 4.74 Å². The highest BCUT2D eigenvalue weighted by atomic mass is 16.5. The minimum Gasteiger partial charge on any atom is -0.378 e. The van der Waals surface area contributed by atoms with E-state index in [1.807, 2.05) is 0 Å². The fraction of sp³-hybridized carbons (Fsp3) is 1.00. The van der Waals surface area contributed by atoms with Gasteiger partial charge in [0.2, 0.25) is 0 Å². The summed E-state index contributed by atoms with van der Waals surface area (Å²) in [6.45, 7) is 5.59. The van der Waals surface area contributed by atoms with Gasteiger partial charge in [-0.25, -0.2) is 0 Å². The van der Waals surface area contributed by atoms with E-state index in [0.29, 0.717) is 6.10 Å². The SMILES string of the molecule is CC1COC(C)C2CCCC12. The molecular weight excluding hydrogens is 136 g/mol. The van der Waals surface area contributed by atoms with Crippen molar-refractivity contribution < 1.29 is 4.74 Å². The molecule has 1 aliphatic carbocycles. The lowest BCUT2D eigenvalue weighted by Crippen LogP contribution is -2.36. The van der Waals surface area contributed by atoms with E-state index in [9.17, 15) is 0 Å². The van der Waals surface area contributed by atoms with Crippen molar-refractivity contribution in [2.24, 2.45) is 17.8 Å². The standard InChI is InChI=1S/C10H18O/c1-7-6-11-8(2)10-5-3-4-9(7)10/h7-10H,3-6H2,1-2H3. The molecule has 1 saturated heterocycles. The van der Waals surface area contributed by atoms with Gasteiger partial charge in [-0.1, -0.05) is 13.3 Å². The van der Waals surface area contributed by atoms with Crippen molar-refractivity contribution in [1.29, 1.82) is 0 Å². The summed E-state index contributed by atoms with van der Waals surface area (Å²) in [7, 11) is 0. The Balaban J connectivity index is 2.08. The summed E-state index contributed by atoms with van der Waals surface area (Å²) in [5.41, 5.74) is 0. The Kier molecular flexibility index (Phi) is 1.92. The number of rotatable bonds is 0. The lowest BCUT2D eigenvalue weighted by atomic mass is 9.80. The van der Waals surface area contributed by atoms with Crippen molar-refractivity contribution in [3.8, 4) is 0 Å². The van der Waals surface area contributed by atoms with Crippen LogP contribution in [0.3, 0.4) is 0 Å². The molecular formula is C10H18O. The maximum atomic E-state index is 5.70. The maximum absolute atomic E-state index is 5.70. The zero-order valence-corrected chi connectivity index (χ0v) is 7.55. The molecule has 0 amide bonds. The average molecular weight is 154 g/mol. The van der Waals surface area contributed by atoms with E-state index in [4.69, 9.17) is 4.74 Å². The van der Waals surface area contributed by atoms with Crippen LogP contribution < -0.4 is 0 Å². The van der Waals surface area contributed by atoms with Gasteiger partial charge in [0.05, 0.1) is 6.10 Å². The summed E-state index contributed by atoms with van der Waals surface area (Å²) in [5.74, 6) is 2.69. The Bertz CT molecular complexity index is 128. The first-order valence-corrected chi connectivity index (χ1v) is 4.90. The molecule has 1 saturated carbocycles. The molecule has 0 radical (unpaired) electrons. The number of hydrogen-bond donors (Lipinski definition) is 0. The van der Waals surface area contributed by atoms with Gasteiger partial charge in [-0.2, -0.15) is 0 Å². The van der Waals surface area contributed by atoms with E-state index in [2.05, 4.69) is 13.8 Å². The molecule has 4 unspecified atom stereocenters. The van der Waals surface area contributed by atoms with Gasteiger partial charge in [0, 0.05) is 6.61 Å². The van der Waals surface area contributed by atoms with Crippen molar-refractivity contribution in [1.82, 2.24) is 0 Å². The number of ether oxygens (including phenoxy) is 1. The third kappa shape index (κ3) is 1.20. The van der Waals surface area contributed by atoms with Gasteiger partial charge in [0.1, 0.15) is 0 Å². The van der Waals surface area contributed by atoms with Crippen LogP contribution in [0, 0.1) is 17.8 Å². The minimum atomic E-state index is 0.540. The molecule has 1 heterocycles. The summed E-state index contributed by atoms with van der Waals surface area (Å²) in [6, 6.07) is 0. The molecule has 2 fully saturated rings. The molecule has 2 aliphatic rings. The van der Waals surface area contributed by atoms with Crippen LogP contribution in [-0.2, 0) is 4.74 Å². The summed E-state index contributed by atoms with van der Waals surface area (Å²) in [6.07, 6.45) is 4.85. The minimum absolute atomic E-state index is 0.540. The van der Waals surface area contributed by atoms with E-state index < -0.39 is 0 Å². The molecule has 0 spiro atoms. The second-order valence-corrected chi connectivity index (χ2v) is 4.27. The molecule has 0 aromatic heterocycles. The lowest BCUT2D eigenvalue weighted by Gasteiger charge is -2.36. The Morgan fingerprint density at radius 3 is 2.55 bits per heavy atom. The third-order valence-corrected chi connectivity index (χ3v) is 3.58. The fourth-order valence-electron chi connectivity index (χ4n) is 2.86. The van der Waals surface area contributed by atoms with Crippen LogP contribution in [0.1, 0.15) is 33.1 Å². The van der Waals surface area contributed by atoms with E-state index in [-0.39, 0.29) is 0 Å². The molecule has 4 atom stereocenters. The van der Waals surface area contributed by atoms with Crippen molar-refractivity contribution in [2.45, 2.75) is 39.2 Å². The van der Waals surface area contributed by atoms with Crippen LogP contribution in [-0.4, -0.2) is 12.7 Å². The lowest BCUT2D eigenvalue weighted by molar-refractivity contribution is -0.0662. The molecule has 11 heavy (non-hydrogen) atoms. The number of hydrogen-bond acceptors (Lipinski definition) is 1. The quantitative estimate of drug-likeness (QED) is 0.521. The van der Waals surface area contributed by atoms with Gasteiger partial charge in [-0.15, -0.1) is 0 Å². The first-order valence-electron chi connectivity index (χ1n) is 4.90. The predicted octanol–water partition coefficient (Wildman–Crippen LogP) is 2.46. The molecule has 1 heteroatoms. The fourth-order valence-corrected chi connectivity index (χ4v) is 2.86. The Morgan fingerprint density at radius 2 is 1.82 bits per heavy atom. The first-order chi connectivity index (χ1) is 5.29. The Hall–Kier alpha value is -0.0400. The highest BCUT2D eigenvalue weighted by Crippen LogP contribution is 2.42. The second kappa shape index (κ2) is 2.78. The van der Waals surface area contributed by atoms with Crippen LogP contribution >= 0.6 is 0 Å². The van der Waals surface area contributed by atoms with Crippen LogP contribution in [0.15, 0.2) is 0 Å². The van der Waals surface area contributed by atoms with Gasteiger partial charge in [-0.05, 0) is 37.5 Å². The topological polar surface area (TPSA) is 9.23 Å². The van der Waals surface area contributed by atoms with Gasteiger partial charge in [0.25, 0.3) is 0 Å². The first kappa shape index (κ1) is 7.60. The molecule has 0 N–H and O–H groups in total. The summed E-state index contributed by atoms with van der Waals surface area (Å²) >= 11 is 0. The maximum Gasteiger partial charge on any atom is 0.0578 e. The molecule has 64 valence electrons. The molecule has 0 aromatic carbocycles. The normalized spacial score (nSPS) is 50.7. The molecule has 0 aromatic rings. The van der Waals surface area contributed by atoms with Gasteiger partial charge >= 0.3 is 0 Å². The van der Waals surface area contributed by atoms with Gasteiger partial charge in [-0.3, -0.25) is 0 Å². The highest BCUT2D eigenvalue weighted by Gasteiger charge is 2.38. The Morgan fingerprint density at radius 1 is 1.09 bits per heavy atom. The van der Waals surface area contributed by atoms with Crippen molar-refractivity contribution in [3.63, 3.8) is 0 Å². The van der Waals surface area contributed by atoms with Crippen LogP contribution in [0.4, 0.5) is 0 Å². The smallest absolute Gasteiger partial charge is 0.0578 e. The van der Waals surface area contributed by atoms with E-state index in [1.165, 1.54) is 19.3 Å². The summed E-state index contributed by atoms with van der Waals surface area (Å²) in [5, 5.41) is 0. The van der Waals surface area contributed by atoms with Crippen LogP contribution in [0.2, 0.25) is 0 Å². The molecule has 1 aliphatic heterocycles. The van der Waals surface area contributed by atoms with Crippen LogP contribution in [0.5, 0.6) is 0 Å². The van der Waals surface area contributed by atoms with E-state index in [0.717, 1.165) is 24.4 Å².